The van der Waals surface area contributed by atoms with Gasteiger partial charge in [0, 0.05) is 17.1 Å². The molecule has 0 aliphatic rings. The van der Waals surface area contributed by atoms with Crippen molar-refractivity contribution < 1.29 is 0 Å². The molecule has 0 amide bonds. The molecule has 2 nitrogen and oxygen atoms in total. The van der Waals surface area contributed by atoms with Gasteiger partial charge in [0.05, 0.1) is 17.1 Å². The van der Waals surface area contributed by atoms with Gasteiger partial charge in [-0.1, -0.05) is 84.9 Å². The molecule has 0 fully saturated rings. The Morgan fingerprint density at radius 2 is 0.947 bits per heavy atom. The standard InChI is InChI=1S/C36H22N2/c37-23-24-6-8-25(9-7-24)27-10-11-29-20-30(13-12-28(29)19-27)31-14-15-33-22-34(17-16-32(33)21-31)35-5-1-3-26-4-2-18-38-36(26)35/h1-22H. The quantitative estimate of drug-likeness (QED) is 0.251. The minimum atomic E-state index is 0.677. The lowest BCUT2D eigenvalue weighted by molar-refractivity contribution is 1.41. The van der Waals surface area contributed by atoms with E-state index in [9.17, 15) is 0 Å². The number of para-hydroxylation sites is 1. The van der Waals surface area contributed by atoms with E-state index in [1.54, 1.807) is 0 Å². The molecule has 7 rings (SSSR count). The average Bonchev–Trinajstić information content (AvgIpc) is 3.00. The van der Waals surface area contributed by atoms with E-state index in [0.717, 1.165) is 27.6 Å². The molecule has 7 aromatic rings. The number of fused-ring (bicyclic) bond motifs is 3. The normalized spacial score (nSPS) is 11.1. The summed E-state index contributed by atoms with van der Waals surface area (Å²) in [4.78, 5) is 4.63. The number of hydrogen-bond acceptors (Lipinski definition) is 2. The maximum Gasteiger partial charge on any atom is 0.0991 e. The van der Waals surface area contributed by atoms with Gasteiger partial charge >= 0.3 is 0 Å². The molecule has 0 bridgehead atoms. The van der Waals surface area contributed by atoms with Gasteiger partial charge in [-0.05, 0) is 91.8 Å². The van der Waals surface area contributed by atoms with Crippen molar-refractivity contribution in [2.45, 2.75) is 0 Å². The van der Waals surface area contributed by atoms with E-state index in [2.05, 4.69) is 108 Å². The van der Waals surface area contributed by atoms with Gasteiger partial charge in [0.2, 0.25) is 0 Å². The number of aromatic nitrogens is 1. The van der Waals surface area contributed by atoms with Crippen LogP contribution in [-0.4, -0.2) is 4.98 Å². The van der Waals surface area contributed by atoms with Gasteiger partial charge in [-0.25, -0.2) is 0 Å². The zero-order chi connectivity index (χ0) is 25.5. The van der Waals surface area contributed by atoms with E-state index in [-0.39, 0.29) is 0 Å². The summed E-state index contributed by atoms with van der Waals surface area (Å²) in [6.45, 7) is 0. The van der Waals surface area contributed by atoms with E-state index < -0.39 is 0 Å². The number of benzene rings is 6. The number of hydrogen-bond donors (Lipinski definition) is 0. The molecule has 0 saturated carbocycles. The maximum absolute atomic E-state index is 9.06. The summed E-state index contributed by atoms with van der Waals surface area (Å²) in [5, 5.41) is 15.1. The zero-order valence-corrected chi connectivity index (χ0v) is 20.6. The monoisotopic (exact) mass is 482 g/mol. The highest BCUT2D eigenvalue weighted by Crippen LogP contribution is 2.33. The van der Waals surface area contributed by atoms with Gasteiger partial charge in [-0.3, -0.25) is 4.98 Å². The molecule has 0 atom stereocenters. The van der Waals surface area contributed by atoms with Gasteiger partial charge in [-0.2, -0.15) is 5.26 Å². The van der Waals surface area contributed by atoms with Crippen molar-refractivity contribution >= 4 is 32.4 Å². The fourth-order valence-corrected chi connectivity index (χ4v) is 5.27. The molecule has 2 heteroatoms. The van der Waals surface area contributed by atoms with E-state index in [1.807, 2.05) is 36.5 Å². The first-order valence-electron chi connectivity index (χ1n) is 12.7. The van der Waals surface area contributed by atoms with Crippen LogP contribution in [0.4, 0.5) is 0 Å². The summed E-state index contributed by atoms with van der Waals surface area (Å²) < 4.78 is 0. The Hall–Kier alpha value is -5.26. The number of rotatable bonds is 3. The largest absolute Gasteiger partial charge is 0.256 e. The van der Waals surface area contributed by atoms with Crippen LogP contribution in [0, 0.1) is 11.3 Å². The van der Waals surface area contributed by atoms with E-state index in [1.165, 1.54) is 38.2 Å². The second-order valence-electron chi connectivity index (χ2n) is 9.62. The van der Waals surface area contributed by atoms with Gasteiger partial charge in [0.1, 0.15) is 0 Å². The Kier molecular flexibility index (Phi) is 5.20. The summed E-state index contributed by atoms with van der Waals surface area (Å²) in [6, 6.07) is 46.9. The van der Waals surface area contributed by atoms with Gasteiger partial charge < -0.3 is 0 Å². The Labute approximate surface area is 221 Å². The third-order valence-corrected chi connectivity index (χ3v) is 7.30. The van der Waals surface area contributed by atoms with Gasteiger partial charge in [0.25, 0.3) is 0 Å². The molecule has 0 saturated heterocycles. The minimum Gasteiger partial charge on any atom is -0.256 e. The molecule has 0 aliphatic heterocycles. The molecular weight excluding hydrogens is 460 g/mol. The predicted molar refractivity (Wildman–Crippen MR) is 158 cm³/mol. The van der Waals surface area contributed by atoms with Crippen molar-refractivity contribution in [2.24, 2.45) is 0 Å². The second kappa shape index (κ2) is 9.00. The molecule has 176 valence electrons. The van der Waals surface area contributed by atoms with Crippen LogP contribution >= 0.6 is 0 Å². The van der Waals surface area contributed by atoms with Crippen LogP contribution in [-0.2, 0) is 0 Å². The maximum atomic E-state index is 9.06. The smallest absolute Gasteiger partial charge is 0.0991 e. The van der Waals surface area contributed by atoms with Crippen molar-refractivity contribution in [3.8, 4) is 39.4 Å². The van der Waals surface area contributed by atoms with Crippen molar-refractivity contribution in [1.29, 1.82) is 5.26 Å². The first-order chi connectivity index (χ1) is 18.7. The second-order valence-corrected chi connectivity index (χ2v) is 9.62. The lowest BCUT2D eigenvalue weighted by Crippen LogP contribution is -1.86. The van der Waals surface area contributed by atoms with Gasteiger partial charge in [0.15, 0.2) is 0 Å². The summed E-state index contributed by atoms with van der Waals surface area (Å²) in [5.74, 6) is 0. The molecule has 0 unspecified atom stereocenters. The molecule has 1 heterocycles. The van der Waals surface area contributed by atoms with Crippen LogP contribution in [0.5, 0.6) is 0 Å². The summed E-state index contributed by atoms with van der Waals surface area (Å²) in [5.41, 5.74) is 8.71. The molecule has 0 spiro atoms. The number of nitriles is 1. The Morgan fingerprint density at radius 1 is 0.447 bits per heavy atom. The highest BCUT2D eigenvalue weighted by Gasteiger charge is 2.08. The molecule has 0 radical (unpaired) electrons. The van der Waals surface area contributed by atoms with Gasteiger partial charge in [-0.15, -0.1) is 0 Å². The van der Waals surface area contributed by atoms with E-state index in [0.29, 0.717) is 5.56 Å². The van der Waals surface area contributed by atoms with Crippen molar-refractivity contribution in [2.75, 3.05) is 0 Å². The highest BCUT2D eigenvalue weighted by atomic mass is 14.6. The van der Waals surface area contributed by atoms with Crippen LogP contribution in [0.1, 0.15) is 5.56 Å². The molecule has 1 aromatic heterocycles. The van der Waals surface area contributed by atoms with Crippen LogP contribution in [0.2, 0.25) is 0 Å². The first-order valence-corrected chi connectivity index (χ1v) is 12.7. The van der Waals surface area contributed by atoms with E-state index >= 15 is 0 Å². The number of nitrogens with zero attached hydrogens (tertiary/aromatic N) is 2. The summed E-state index contributed by atoms with van der Waals surface area (Å²) in [7, 11) is 0. The van der Waals surface area contributed by atoms with Crippen LogP contribution < -0.4 is 0 Å². The van der Waals surface area contributed by atoms with Crippen LogP contribution in [0.15, 0.2) is 134 Å². The first kappa shape index (κ1) is 22.0. The van der Waals surface area contributed by atoms with Crippen LogP contribution in [0.25, 0.3) is 65.8 Å². The highest BCUT2D eigenvalue weighted by molar-refractivity contribution is 5.98. The van der Waals surface area contributed by atoms with Crippen LogP contribution in [0.3, 0.4) is 0 Å². The lowest BCUT2D eigenvalue weighted by Gasteiger charge is -2.10. The average molecular weight is 483 g/mol. The van der Waals surface area contributed by atoms with Crippen molar-refractivity contribution in [1.82, 2.24) is 4.98 Å². The fourth-order valence-electron chi connectivity index (χ4n) is 5.27. The Balaban J connectivity index is 1.23. The zero-order valence-electron chi connectivity index (χ0n) is 20.6. The molecule has 6 aromatic carbocycles. The lowest BCUT2D eigenvalue weighted by atomic mass is 9.95. The topological polar surface area (TPSA) is 36.7 Å². The Bertz CT molecular complexity index is 2020. The third-order valence-electron chi connectivity index (χ3n) is 7.30. The van der Waals surface area contributed by atoms with E-state index in [4.69, 9.17) is 5.26 Å². The third kappa shape index (κ3) is 3.88. The molecular formula is C36H22N2. The summed E-state index contributed by atoms with van der Waals surface area (Å²) >= 11 is 0. The summed E-state index contributed by atoms with van der Waals surface area (Å²) in [6.07, 6.45) is 1.86. The SMILES string of the molecule is N#Cc1ccc(-c2ccc3cc(-c4ccc5cc(-c6cccc7cccnc67)ccc5c4)ccc3c2)cc1. The number of pyridine rings is 1. The van der Waals surface area contributed by atoms with Crippen molar-refractivity contribution in [3.63, 3.8) is 0 Å². The minimum absolute atomic E-state index is 0.677. The Morgan fingerprint density at radius 3 is 1.55 bits per heavy atom. The van der Waals surface area contributed by atoms with Crippen molar-refractivity contribution in [3.05, 3.63) is 139 Å². The molecule has 0 N–H and O–H groups in total. The predicted octanol–water partition coefficient (Wildman–Crippen LogP) is 9.41. The molecule has 38 heavy (non-hydrogen) atoms. The fraction of sp³-hybridized carbons (Fsp3) is 0. The molecule has 0 aliphatic carbocycles.